The maximum Gasteiger partial charge on any atom is 0.261 e. The molecule has 0 radical (unpaired) electrons. The molecule has 0 heterocycles. The second kappa shape index (κ2) is 12.8. The van der Waals surface area contributed by atoms with Gasteiger partial charge in [-0.05, 0) is 48.2 Å². The van der Waals surface area contributed by atoms with Crippen molar-refractivity contribution in [3.8, 4) is 5.75 Å². The number of rotatable bonds is 11. The van der Waals surface area contributed by atoms with E-state index in [0.717, 1.165) is 23.1 Å². The summed E-state index contributed by atoms with van der Waals surface area (Å²) in [6.07, 6.45) is 1.20. The van der Waals surface area contributed by atoms with Gasteiger partial charge < -0.3 is 15.0 Å². The quantitative estimate of drug-likeness (QED) is 0.412. The van der Waals surface area contributed by atoms with Crippen molar-refractivity contribution in [3.05, 3.63) is 101 Å². The van der Waals surface area contributed by atoms with Crippen LogP contribution in [-0.2, 0) is 22.6 Å². The fraction of sp³-hybridized carbons (Fsp3) is 0.286. The van der Waals surface area contributed by atoms with Crippen molar-refractivity contribution in [2.45, 2.75) is 39.3 Å². The third-order valence-electron chi connectivity index (χ3n) is 5.51. The molecule has 3 rings (SSSR count). The van der Waals surface area contributed by atoms with Gasteiger partial charge in [-0.3, -0.25) is 9.59 Å². The Morgan fingerprint density at radius 1 is 0.971 bits per heavy atom. The molecule has 0 aliphatic carbocycles. The van der Waals surface area contributed by atoms with E-state index in [2.05, 4.69) is 5.32 Å². The van der Waals surface area contributed by atoms with Crippen LogP contribution in [0.4, 0.5) is 0 Å². The summed E-state index contributed by atoms with van der Waals surface area (Å²) in [5.41, 5.74) is 2.76. The minimum Gasteiger partial charge on any atom is -0.484 e. The van der Waals surface area contributed by atoms with Crippen molar-refractivity contribution in [1.82, 2.24) is 10.2 Å². The number of benzene rings is 3. The lowest BCUT2D eigenvalue weighted by Gasteiger charge is -2.31. The molecule has 0 bridgehead atoms. The number of halogens is 1. The van der Waals surface area contributed by atoms with E-state index in [0.29, 0.717) is 23.7 Å². The molecule has 5 nitrogen and oxygen atoms in total. The van der Waals surface area contributed by atoms with Crippen LogP contribution in [-0.4, -0.2) is 35.9 Å². The molecule has 2 amide bonds. The number of para-hydroxylation sites is 1. The molecule has 0 aliphatic heterocycles. The van der Waals surface area contributed by atoms with E-state index < -0.39 is 6.04 Å². The summed E-state index contributed by atoms with van der Waals surface area (Å²) in [6, 6.07) is 23.9. The van der Waals surface area contributed by atoms with E-state index in [9.17, 15) is 9.59 Å². The topological polar surface area (TPSA) is 58.6 Å². The van der Waals surface area contributed by atoms with Gasteiger partial charge in [-0.15, -0.1) is 0 Å². The molecule has 3 aromatic rings. The maximum atomic E-state index is 13.5. The molecule has 1 atom stereocenters. The van der Waals surface area contributed by atoms with Gasteiger partial charge in [0.25, 0.3) is 5.91 Å². The van der Waals surface area contributed by atoms with Gasteiger partial charge in [-0.25, -0.2) is 0 Å². The molecule has 0 saturated carbocycles. The number of hydrogen-bond acceptors (Lipinski definition) is 3. The van der Waals surface area contributed by atoms with E-state index >= 15 is 0 Å². The SMILES string of the molecule is CCCNC(=O)C(Cc1ccccc1)N(Cc1cccc(Cl)c1)C(=O)COc1ccccc1C. The second-order valence-electron chi connectivity index (χ2n) is 8.20. The molecule has 0 aromatic heterocycles. The standard InChI is InChI=1S/C28H31ClN2O3/c1-3-16-30-28(33)25(18-22-11-5-4-6-12-22)31(19-23-13-9-14-24(29)17-23)27(32)20-34-26-15-8-7-10-21(26)2/h4-15,17,25H,3,16,18-20H2,1-2H3,(H,30,33). The normalized spacial score (nSPS) is 11.5. The van der Waals surface area contributed by atoms with Gasteiger partial charge in [0, 0.05) is 24.5 Å². The largest absolute Gasteiger partial charge is 0.484 e. The first kappa shape index (κ1) is 25.3. The Balaban J connectivity index is 1.90. The lowest BCUT2D eigenvalue weighted by molar-refractivity contribution is -0.142. The molecule has 1 unspecified atom stereocenters. The van der Waals surface area contributed by atoms with Crippen LogP contribution in [0.5, 0.6) is 5.75 Å². The van der Waals surface area contributed by atoms with Gasteiger partial charge in [0.15, 0.2) is 6.61 Å². The molecule has 0 aliphatic rings. The Bertz CT molecular complexity index is 1090. The second-order valence-corrected chi connectivity index (χ2v) is 8.64. The van der Waals surface area contributed by atoms with Gasteiger partial charge in [0.1, 0.15) is 11.8 Å². The number of hydrogen-bond donors (Lipinski definition) is 1. The zero-order valence-electron chi connectivity index (χ0n) is 19.7. The summed E-state index contributed by atoms with van der Waals surface area (Å²) in [4.78, 5) is 28.4. The minimum atomic E-state index is -0.694. The van der Waals surface area contributed by atoms with Gasteiger partial charge in [-0.1, -0.05) is 79.2 Å². The number of aryl methyl sites for hydroxylation is 1. The number of nitrogens with one attached hydrogen (secondary N) is 1. The highest BCUT2D eigenvalue weighted by Gasteiger charge is 2.30. The van der Waals surface area contributed by atoms with Crippen molar-refractivity contribution < 1.29 is 14.3 Å². The van der Waals surface area contributed by atoms with Crippen molar-refractivity contribution in [3.63, 3.8) is 0 Å². The van der Waals surface area contributed by atoms with Crippen LogP contribution >= 0.6 is 11.6 Å². The van der Waals surface area contributed by atoms with Gasteiger partial charge in [-0.2, -0.15) is 0 Å². The summed E-state index contributed by atoms with van der Waals surface area (Å²) in [7, 11) is 0. The molecule has 6 heteroatoms. The van der Waals surface area contributed by atoms with E-state index in [4.69, 9.17) is 16.3 Å². The highest BCUT2D eigenvalue weighted by atomic mass is 35.5. The Labute approximate surface area is 206 Å². The molecule has 0 saturated heterocycles. The first-order valence-corrected chi connectivity index (χ1v) is 11.9. The molecule has 34 heavy (non-hydrogen) atoms. The number of nitrogens with zero attached hydrogens (tertiary/aromatic N) is 1. The lowest BCUT2D eigenvalue weighted by Crippen LogP contribution is -2.51. The third-order valence-corrected chi connectivity index (χ3v) is 5.74. The predicted molar refractivity (Wildman–Crippen MR) is 136 cm³/mol. The monoisotopic (exact) mass is 478 g/mol. The lowest BCUT2D eigenvalue weighted by atomic mass is 10.0. The Kier molecular flexibility index (Phi) is 9.53. The van der Waals surface area contributed by atoms with Gasteiger partial charge >= 0.3 is 0 Å². The molecule has 1 N–H and O–H groups in total. The number of carbonyl (C=O) groups excluding carboxylic acids is 2. The molecule has 3 aromatic carbocycles. The van der Waals surface area contributed by atoms with Crippen LogP contribution in [0.15, 0.2) is 78.9 Å². The van der Waals surface area contributed by atoms with Gasteiger partial charge in [0.2, 0.25) is 5.91 Å². The van der Waals surface area contributed by atoms with Crippen LogP contribution in [0.2, 0.25) is 5.02 Å². The zero-order valence-corrected chi connectivity index (χ0v) is 20.4. The summed E-state index contributed by atoms with van der Waals surface area (Å²) < 4.78 is 5.85. The van der Waals surface area contributed by atoms with E-state index in [1.807, 2.05) is 86.6 Å². The van der Waals surface area contributed by atoms with E-state index in [1.165, 1.54) is 0 Å². The highest BCUT2D eigenvalue weighted by Crippen LogP contribution is 2.19. The fourth-order valence-corrected chi connectivity index (χ4v) is 3.91. The van der Waals surface area contributed by atoms with Crippen molar-refractivity contribution in [2.75, 3.05) is 13.2 Å². The zero-order chi connectivity index (χ0) is 24.3. The Morgan fingerprint density at radius 3 is 2.38 bits per heavy atom. The van der Waals surface area contributed by atoms with Crippen LogP contribution in [0.1, 0.15) is 30.0 Å². The summed E-state index contributed by atoms with van der Waals surface area (Å²) >= 11 is 6.20. The van der Waals surface area contributed by atoms with Crippen molar-refractivity contribution >= 4 is 23.4 Å². The van der Waals surface area contributed by atoms with Gasteiger partial charge in [0.05, 0.1) is 0 Å². The number of carbonyl (C=O) groups is 2. The molecule has 0 fully saturated rings. The minimum absolute atomic E-state index is 0.169. The third kappa shape index (κ3) is 7.35. The van der Waals surface area contributed by atoms with Crippen LogP contribution in [0.25, 0.3) is 0 Å². The van der Waals surface area contributed by atoms with Crippen LogP contribution < -0.4 is 10.1 Å². The molecule has 0 spiro atoms. The Morgan fingerprint density at radius 2 is 1.68 bits per heavy atom. The summed E-state index contributed by atoms with van der Waals surface area (Å²) in [5.74, 6) is 0.196. The summed E-state index contributed by atoms with van der Waals surface area (Å²) in [5, 5.41) is 3.55. The molecular weight excluding hydrogens is 448 g/mol. The fourth-order valence-electron chi connectivity index (χ4n) is 3.69. The first-order chi connectivity index (χ1) is 16.5. The Hall–Kier alpha value is -3.31. The molecular formula is C28H31ClN2O3. The van der Waals surface area contributed by atoms with Crippen LogP contribution in [0.3, 0.4) is 0 Å². The smallest absolute Gasteiger partial charge is 0.261 e. The average molecular weight is 479 g/mol. The van der Waals surface area contributed by atoms with Crippen LogP contribution in [0, 0.1) is 6.92 Å². The number of ether oxygens (including phenoxy) is 1. The maximum absolute atomic E-state index is 13.5. The first-order valence-electron chi connectivity index (χ1n) is 11.5. The number of amides is 2. The van der Waals surface area contributed by atoms with Crippen molar-refractivity contribution in [1.29, 1.82) is 0 Å². The van der Waals surface area contributed by atoms with Crippen molar-refractivity contribution in [2.24, 2.45) is 0 Å². The summed E-state index contributed by atoms with van der Waals surface area (Å²) in [6.45, 7) is 4.55. The predicted octanol–water partition coefficient (Wildman–Crippen LogP) is 5.19. The molecule has 178 valence electrons. The van der Waals surface area contributed by atoms with E-state index in [-0.39, 0.29) is 25.0 Å². The van der Waals surface area contributed by atoms with E-state index in [1.54, 1.807) is 11.0 Å². The average Bonchev–Trinajstić information content (AvgIpc) is 2.84. The highest BCUT2D eigenvalue weighted by molar-refractivity contribution is 6.30.